The highest BCUT2D eigenvalue weighted by Gasteiger charge is 2.48. The van der Waals surface area contributed by atoms with Crippen LogP contribution >= 0.6 is 23.2 Å². The number of aryl methyl sites for hydroxylation is 1. The van der Waals surface area contributed by atoms with Crippen molar-refractivity contribution in [3.8, 4) is 16.9 Å². The van der Waals surface area contributed by atoms with Crippen molar-refractivity contribution in [2.45, 2.75) is 87.7 Å². The second kappa shape index (κ2) is 16.8. The number of hydrogen-bond donors (Lipinski definition) is 6. The molecule has 3 aromatic rings. The number of nitrogens with zero attached hydrogens (tertiary/aromatic N) is 2. The minimum Gasteiger partial charge on any atom is -0.490 e. The number of amides is 2. The van der Waals surface area contributed by atoms with Gasteiger partial charge in [0, 0.05) is 53.7 Å². The Morgan fingerprint density at radius 3 is 2.41 bits per heavy atom. The van der Waals surface area contributed by atoms with Crippen molar-refractivity contribution in [2.75, 3.05) is 26.7 Å². The number of aromatic nitrogens is 1. The van der Waals surface area contributed by atoms with Crippen LogP contribution < -0.4 is 10.1 Å². The molecule has 0 radical (unpaired) electrons. The summed E-state index contributed by atoms with van der Waals surface area (Å²) in [6.45, 7) is -0.419. The quantitative estimate of drug-likeness (QED) is 0.106. The lowest BCUT2D eigenvalue weighted by Gasteiger charge is -2.26. The third-order valence-electron chi connectivity index (χ3n) is 9.05. The molecule has 0 bridgehead atoms. The summed E-state index contributed by atoms with van der Waals surface area (Å²) < 4.78 is 12.8. The number of pyridine rings is 1. The molecule has 1 aromatic heterocycles. The van der Waals surface area contributed by atoms with Crippen molar-refractivity contribution in [1.82, 2.24) is 15.2 Å². The number of para-hydroxylation sites is 1. The van der Waals surface area contributed by atoms with Crippen molar-refractivity contribution < 1.29 is 39.8 Å². The van der Waals surface area contributed by atoms with Gasteiger partial charge in [-0.2, -0.15) is 0 Å². The first-order valence-corrected chi connectivity index (χ1v) is 17.4. The molecule has 2 aliphatic carbocycles. The summed E-state index contributed by atoms with van der Waals surface area (Å²) >= 11 is 13.4. The lowest BCUT2D eigenvalue weighted by Crippen LogP contribution is -2.51. The van der Waals surface area contributed by atoms with Gasteiger partial charge in [0.05, 0.1) is 31.0 Å². The first-order valence-electron chi connectivity index (χ1n) is 16.7. The lowest BCUT2D eigenvalue weighted by atomic mass is 9.96. The number of benzene rings is 2. The van der Waals surface area contributed by atoms with Gasteiger partial charge in [0.15, 0.2) is 0 Å². The molecule has 0 unspecified atom stereocenters. The highest BCUT2D eigenvalue weighted by Crippen LogP contribution is 2.53. The Morgan fingerprint density at radius 1 is 1.00 bits per heavy atom. The van der Waals surface area contributed by atoms with Gasteiger partial charge in [0.2, 0.25) is 0 Å². The van der Waals surface area contributed by atoms with Gasteiger partial charge in [0.25, 0.3) is 0 Å². The third kappa shape index (κ3) is 9.62. The van der Waals surface area contributed by atoms with Crippen molar-refractivity contribution in [3.63, 3.8) is 0 Å². The number of unbranched alkanes of at least 4 members (excludes halogenated alkanes) is 1. The smallest absolute Gasteiger partial charge is 0.317 e. The molecule has 0 saturated heterocycles. The topological polar surface area (TPSA) is 165 Å². The van der Waals surface area contributed by atoms with E-state index in [0.717, 1.165) is 65.7 Å². The number of carbonyl (C=O) groups is 1. The van der Waals surface area contributed by atoms with Gasteiger partial charge in [-0.25, -0.2) is 4.79 Å². The number of aliphatic hydroxyl groups is 5. The van der Waals surface area contributed by atoms with Gasteiger partial charge >= 0.3 is 6.03 Å². The molecule has 0 spiro atoms. The minimum absolute atomic E-state index is 0.284. The van der Waals surface area contributed by atoms with Crippen molar-refractivity contribution >= 4 is 29.2 Å². The second-order valence-electron chi connectivity index (χ2n) is 12.9. The molecule has 2 aromatic carbocycles. The Morgan fingerprint density at radius 2 is 1.69 bits per heavy atom. The van der Waals surface area contributed by atoms with E-state index in [1.165, 1.54) is 4.90 Å². The van der Waals surface area contributed by atoms with Crippen LogP contribution in [0.25, 0.3) is 11.1 Å². The number of urea groups is 1. The van der Waals surface area contributed by atoms with E-state index in [4.69, 9.17) is 37.8 Å². The zero-order chi connectivity index (χ0) is 35.1. The number of ether oxygens (including phenoxy) is 2. The van der Waals surface area contributed by atoms with E-state index in [9.17, 15) is 25.2 Å². The van der Waals surface area contributed by atoms with E-state index >= 15 is 0 Å². The molecule has 4 atom stereocenters. The Kier molecular flexibility index (Phi) is 12.8. The fraction of sp³-hybridized carbons (Fsp3) is 0.500. The van der Waals surface area contributed by atoms with Crippen LogP contribution in [-0.4, -0.2) is 98.7 Å². The molecule has 2 amide bonds. The third-order valence-corrected chi connectivity index (χ3v) is 9.76. The molecule has 1 heterocycles. The van der Waals surface area contributed by atoms with E-state index in [1.54, 1.807) is 13.2 Å². The van der Waals surface area contributed by atoms with Gasteiger partial charge < -0.3 is 45.2 Å². The Labute approximate surface area is 296 Å². The highest BCUT2D eigenvalue weighted by atomic mass is 35.5. The highest BCUT2D eigenvalue weighted by molar-refractivity contribution is 6.34. The molecule has 2 saturated carbocycles. The number of carbonyl (C=O) groups excluding carboxylic acids is 1. The van der Waals surface area contributed by atoms with Gasteiger partial charge in [0.1, 0.15) is 24.1 Å². The summed E-state index contributed by atoms with van der Waals surface area (Å²) in [6, 6.07) is 13.4. The van der Waals surface area contributed by atoms with E-state index in [2.05, 4.69) is 16.4 Å². The molecular weight excluding hydrogens is 673 g/mol. The molecule has 13 heteroatoms. The van der Waals surface area contributed by atoms with E-state index < -0.39 is 42.7 Å². The maximum absolute atomic E-state index is 12.4. The molecule has 2 aliphatic rings. The van der Waals surface area contributed by atoms with Gasteiger partial charge in [-0.15, -0.1) is 0 Å². The number of halogens is 2. The molecule has 2 fully saturated rings. The summed E-state index contributed by atoms with van der Waals surface area (Å²) in [4.78, 5) is 18.3. The molecule has 266 valence electrons. The van der Waals surface area contributed by atoms with Crippen LogP contribution in [0, 0.1) is 0 Å². The number of hydrogen-bond acceptors (Lipinski definition) is 9. The molecule has 49 heavy (non-hydrogen) atoms. The number of rotatable bonds is 18. The Bertz CT molecular complexity index is 1570. The van der Waals surface area contributed by atoms with Crippen LogP contribution in [0.5, 0.6) is 5.75 Å². The zero-order valence-electron chi connectivity index (χ0n) is 27.5. The van der Waals surface area contributed by atoms with Crippen LogP contribution in [0.4, 0.5) is 4.79 Å². The summed E-state index contributed by atoms with van der Waals surface area (Å²) in [5, 5.41) is 51.6. The second-order valence-corrected chi connectivity index (χ2v) is 13.7. The zero-order valence-corrected chi connectivity index (χ0v) is 29.0. The van der Waals surface area contributed by atoms with Gasteiger partial charge in [-0.3, -0.25) is 4.98 Å². The first-order chi connectivity index (χ1) is 23.5. The first kappa shape index (κ1) is 37.3. The maximum atomic E-state index is 12.4. The predicted molar refractivity (Wildman–Crippen MR) is 186 cm³/mol. The fourth-order valence-corrected chi connectivity index (χ4v) is 6.20. The Hall–Kier alpha value is -3.00. The van der Waals surface area contributed by atoms with Crippen LogP contribution in [0.15, 0.2) is 54.9 Å². The predicted octanol–water partition coefficient (Wildman–Crippen LogP) is 4.20. The fourth-order valence-electron chi connectivity index (χ4n) is 5.68. The van der Waals surface area contributed by atoms with Gasteiger partial charge in [-0.05, 0) is 85.9 Å². The minimum atomic E-state index is -1.76. The van der Waals surface area contributed by atoms with Crippen molar-refractivity contribution in [1.29, 1.82) is 0 Å². The summed E-state index contributed by atoms with van der Waals surface area (Å²) in [5.74, 6) is 0.874. The van der Waals surface area contributed by atoms with Crippen LogP contribution in [0.3, 0.4) is 0 Å². The number of aliphatic hydroxyl groups excluding tert-OH is 5. The van der Waals surface area contributed by atoms with E-state index in [-0.39, 0.29) is 12.6 Å². The van der Waals surface area contributed by atoms with E-state index in [0.29, 0.717) is 36.0 Å². The Balaban J connectivity index is 1.11. The molecule has 11 nitrogen and oxygen atoms in total. The molecule has 0 aliphatic heterocycles. The average molecular weight is 719 g/mol. The van der Waals surface area contributed by atoms with Crippen molar-refractivity contribution in [2.24, 2.45) is 0 Å². The van der Waals surface area contributed by atoms with Crippen LogP contribution in [0.1, 0.15) is 55.2 Å². The largest absolute Gasteiger partial charge is 0.490 e. The molecular formula is C36H45Cl2N3O8. The summed E-state index contributed by atoms with van der Waals surface area (Å²) in [7, 11) is 1.60. The van der Waals surface area contributed by atoms with Crippen molar-refractivity contribution in [3.05, 3.63) is 81.6 Å². The molecule has 5 rings (SSSR count). The molecule has 6 N–H and O–H groups in total. The monoisotopic (exact) mass is 717 g/mol. The lowest BCUT2D eigenvalue weighted by molar-refractivity contribution is -0.113. The SMILES string of the molecule is CN(CCCCc1cc(Cl)c(COC2(c3cnccc3-c3ccccc3OC3CC3)CC2)cc1Cl)C(=O)NC[C@@H](O)[C@H](O)[C@@H](O)[C@@H](O)CO. The van der Waals surface area contributed by atoms with Crippen LogP contribution in [0.2, 0.25) is 10.0 Å². The van der Waals surface area contributed by atoms with Crippen LogP contribution in [-0.2, 0) is 23.4 Å². The van der Waals surface area contributed by atoms with E-state index in [1.807, 2.05) is 42.6 Å². The summed E-state index contributed by atoms with van der Waals surface area (Å²) in [6.07, 6.45) is 3.27. The average Bonchev–Trinajstić information content (AvgIpc) is 4.06. The standard InChI is InChI=1S/C36H45Cl2N3O8/c1-41(35(47)40-19-30(43)33(45)34(46)31(44)20-42)15-5-4-6-22-16-29(38)23(17-28(22)37)21-48-36(12-13-36)27-18-39-14-11-25(27)26-7-2-3-8-32(26)49-24-9-10-24/h2-3,7-8,11,14,16-18,24,30-31,33-34,42-46H,4-6,9-10,12-13,15,19-21H2,1H3,(H,40,47)/t30-,31+,33+,34+/m1/s1. The normalized spacial score (nSPS) is 17.6. The summed E-state index contributed by atoms with van der Waals surface area (Å²) in [5.41, 5.74) is 4.34. The number of nitrogens with one attached hydrogen (secondary N) is 1. The van der Waals surface area contributed by atoms with Gasteiger partial charge in [-0.1, -0.05) is 41.4 Å². The maximum Gasteiger partial charge on any atom is 0.317 e.